The van der Waals surface area contributed by atoms with Crippen molar-refractivity contribution in [2.45, 2.75) is 31.3 Å². The molecule has 1 heterocycles. The van der Waals surface area contributed by atoms with Crippen molar-refractivity contribution < 1.29 is 13.2 Å². The Morgan fingerprint density at radius 3 is 2.65 bits per heavy atom. The fourth-order valence-corrected chi connectivity index (χ4v) is 3.83. The minimum atomic E-state index is -3.65. The second kappa shape index (κ2) is 7.27. The van der Waals surface area contributed by atoms with Gasteiger partial charge in [0.2, 0.25) is 10.0 Å². The molecule has 1 amide bonds. The Hall–Kier alpha value is -2.71. The highest BCUT2D eigenvalue weighted by atomic mass is 32.2. The van der Waals surface area contributed by atoms with Gasteiger partial charge in [-0.1, -0.05) is 18.2 Å². The summed E-state index contributed by atoms with van der Waals surface area (Å²) in [7, 11) is -3.65. The van der Waals surface area contributed by atoms with Gasteiger partial charge in [-0.05, 0) is 44.2 Å². The first-order chi connectivity index (χ1) is 12.3. The minimum Gasteiger partial charge on any atom is -0.345 e. The van der Waals surface area contributed by atoms with Crippen LogP contribution in [0.4, 0.5) is 0 Å². The van der Waals surface area contributed by atoms with Crippen LogP contribution in [-0.4, -0.2) is 30.3 Å². The lowest BCUT2D eigenvalue weighted by molar-refractivity contribution is 0.0949. The Bertz CT molecular complexity index is 1010. The summed E-state index contributed by atoms with van der Waals surface area (Å²) in [5.74, 6) is 0.261. The van der Waals surface area contributed by atoms with Crippen molar-refractivity contribution >= 4 is 27.0 Å². The molecule has 26 heavy (non-hydrogen) atoms. The van der Waals surface area contributed by atoms with Crippen molar-refractivity contribution in [3.63, 3.8) is 0 Å². The molecule has 3 aromatic rings. The summed E-state index contributed by atoms with van der Waals surface area (Å²) in [5.41, 5.74) is 1.99. The highest BCUT2D eigenvalue weighted by Gasteiger charge is 2.17. The number of aromatic amines is 1. The lowest BCUT2D eigenvalue weighted by atomic mass is 10.2. The molecule has 0 unspecified atom stereocenters. The topological polar surface area (TPSA) is 104 Å². The largest absolute Gasteiger partial charge is 0.345 e. The lowest BCUT2D eigenvalue weighted by Gasteiger charge is -2.10. The molecule has 2 aromatic carbocycles. The van der Waals surface area contributed by atoms with E-state index in [4.69, 9.17) is 0 Å². The van der Waals surface area contributed by atoms with Crippen molar-refractivity contribution in [2.75, 3.05) is 0 Å². The normalized spacial score (nSPS) is 11.8. The first kappa shape index (κ1) is 18.1. The number of hydrogen-bond donors (Lipinski definition) is 3. The zero-order chi connectivity index (χ0) is 18.7. The number of imidazole rings is 1. The Morgan fingerprint density at radius 2 is 1.92 bits per heavy atom. The van der Waals surface area contributed by atoms with Gasteiger partial charge in [0.25, 0.3) is 5.91 Å². The van der Waals surface area contributed by atoms with Crippen LogP contribution in [0.3, 0.4) is 0 Å². The summed E-state index contributed by atoms with van der Waals surface area (Å²) in [6.45, 7) is 3.69. The van der Waals surface area contributed by atoms with Crippen molar-refractivity contribution in [3.8, 4) is 0 Å². The Labute approximate surface area is 151 Å². The van der Waals surface area contributed by atoms with Gasteiger partial charge in [0.1, 0.15) is 5.82 Å². The monoisotopic (exact) mass is 372 g/mol. The number of hydrogen-bond acceptors (Lipinski definition) is 4. The molecule has 0 aliphatic rings. The quantitative estimate of drug-likeness (QED) is 0.617. The van der Waals surface area contributed by atoms with Gasteiger partial charge in [-0.15, -0.1) is 0 Å². The summed E-state index contributed by atoms with van der Waals surface area (Å²) < 4.78 is 27.0. The standard InChI is InChI=1S/C18H20N4O3S/c1-12(2)22-26(24,25)14-7-5-6-13(10-14)18(23)19-11-17-20-15-8-3-4-9-16(15)21-17/h3-10,12,22H,11H2,1-2H3,(H,19,23)(H,20,21). The van der Waals surface area contributed by atoms with E-state index in [1.807, 2.05) is 24.3 Å². The van der Waals surface area contributed by atoms with Crippen LogP contribution in [0, 0.1) is 0 Å². The van der Waals surface area contributed by atoms with E-state index >= 15 is 0 Å². The Kier molecular flexibility index (Phi) is 5.06. The number of carbonyl (C=O) groups excluding carboxylic acids is 1. The number of sulfonamides is 1. The van der Waals surface area contributed by atoms with Gasteiger partial charge in [-0.25, -0.2) is 18.1 Å². The van der Waals surface area contributed by atoms with Crippen LogP contribution in [0.1, 0.15) is 30.0 Å². The van der Waals surface area contributed by atoms with E-state index in [2.05, 4.69) is 20.0 Å². The number of fused-ring (bicyclic) bond motifs is 1. The highest BCUT2D eigenvalue weighted by Crippen LogP contribution is 2.13. The number of H-pyrrole nitrogens is 1. The predicted molar refractivity (Wildman–Crippen MR) is 99.2 cm³/mol. The van der Waals surface area contributed by atoms with E-state index in [0.29, 0.717) is 5.82 Å². The molecule has 0 saturated carbocycles. The molecule has 3 rings (SSSR count). The third-order valence-electron chi connectivity index (χ3n) is 3.65. The molecule has 0 fully saturated rings. The molecule has 3 N–H and O–H groups in total. The van der Waals surface area contributed by atoms with Crippen LogP contribution >= 0.6 is 0 Å². The molecule has 0 aliphatic heterocycles. The number of nitrogens with zero attached hydrogens (tertiary/aromatic N) is 1. The minimum absolute atomic E-state index is 0.0580. The van der Waals surface area contributed by atoms with E-state index in [9.17, 15) is 13.2 Å². The molecular formula is C18H20N4O3S. The van der Waals surface area contributed by atoms with E-state index < -0.39 is 10.0 Å². The van der Waals surface area contributed by atoms with E-state index in [0.717, 1.165) is 11.0 Å². The molecule has 7 nitrogen and oxygen atoms in total. The molecule has 0 spiro atoms. The van der Waals surface area contributed by atoms with E-state index in [1.54, 1.807) is 26.0 Å². The van der Waals surface area contributed by atoms with Gasteiger partial charge in [0.15, 0.2) is 0 Å². The van der Waals surface area contributed by atoms with Gasteiger partial charge >= 0.3 is 0 Å². The molecule has 0 radical (unpaired) electrons. The maximum atomic E-state index is 12.4. The highest BCUT2D eigenvalue weighted by molar-refractivity contribution is 7.89. The van der Waals surface area contributed by atoms with Crippen molar-refractivity contribution in [3.05, 3.63) is 59.9 Å². The third kappa shape index (κ3) is 4.09. The number of carbonyl (C=O) groups is 1. The van der Waals surface area contributed by atoms with E-state index in [1.165, 1.54) is 12.1 Å². The second-order valence-electron chi connectivity index (χ2n) is 6.19. The third-order valence-corrected chi connectivity index (χ3v) is 5.31. The summed E-state index contributed by atoms with van der Waals surface area (Å²) in [4.78, 5) is 19.9. The fourth-order valence-electron chi connectivity index (χ4n) is 2.54. The van der Waals surface area contributed by atoms with Gasteiger partial charge in [-0.2, -0.15) is 0 Å². The van der Waals surface area contributed by atoms with Crippen molar-refractivity contribution in [1.82, 2.24) is 20.0 Å². The summed E-state index contributed by atoms with van der Waals surface area (Å²) in [6.07, 6.45) is 0. The van der Waals surface area contributed by atoms with Crippen molar-refractivity contribution in [1.29, 1.82) is 0 Å². The summed E-state index contributed by atoms with van der Waals surface area (Å²) in [6, 6.07) is 13.3. The van der Waals surface area contributed by atoms with Crippen LogP contribution in [-0.2, 0) is 16.6 Å². The maximum absolute atomic E-state index is 12.4. The molecule has 0 saturated heterocycles. The van der Waals surface area contributed by atoms with Crippen LogP contribution in [0.2, 0.25) is 0 Å². The predicted octanol–water partition coefficient (Wildman–Crippen LogP) is 2.18. The van der Waals surface area contributed by atoms with E-state index in [-0.39, 0.29) is 29.0 Å². The van der Waals surface area contributed by atoms with Crippen LogP contribution in [0.15, 0.2) is 53.4 Å². The molecular weight excluding hydrogens is 352 g/mol. The van der Waals surface area contributed by atoms with Crippen LogP contribution in [0.5, 0.6) is 0 Å². The molecule has 0 bridgehead atoms. The average Bonchev–Trinajstić information content (AvgIpc) is 3.01. The van der Waals surface area contributed by atoms with Gasteiger partial charge in [-0.3, -0.25) is 4.79 Å². The fraction of sp³-hybridized carbons (Fsp3) is 0.222. The zero-order valence-corrected chi connectivity index (χ0v) is 15.3. The maximum Gasteiger partial charge on any atom is 0.251 e. The summed E-state index contributed by atoms with van der Waals surface area (Å²) >= 11 is 0. The van der Waals surface area contributed by atoms with Crippen LogP contribution < -0.4 is 10.0 Å². The number of para-hydroxylation sites is 2. The number of benzene rings is 2. The molecule has 8 heteroatoms. The first-order valence-electron chi connectivity index (χ1n) is 8.19. The zero-order valence-electron chi connectivity index (χ0n) is 14.5. The van der Waals surface area contributed by atoms with Gasteiger partial charge in [0.05, 0.1) is 22.5 Å². The van der Waals surface area contributed by atoms with Crippen LogP contribution in [0.25, 0.3) is 11.0 Å². The molecule has 0 atom stereocenters. The number of aromatic nitrogens is 2. The van der Waals surface area contributed by atoms with Crippen molar-refractivity contribution in [2.24, 2.45) is 0 Å². The van der Waals surface area contributed by atoms with Gasteiger partial charge in [0, 0.05) is 11.6 Å². The first-order valence-corrected chi connectivity index (χ1v) is 9.68. The lowest BCUT2D eigenvalue weighted by Crippen LogP contribution is -2.30. The Morgan fingerprint density at radius 1 is 1.15 bits per heavy atom. The Balaban J connectivity index is 1.72. The second-order valence-corrected chi connectivity index (χ2v) is 7.90. The van der Waals surface area contributed by atoms with Gasteiger partial charge < -0.3 is 10.3 Å². The smallest absolute Gasteiger partial charge is 0.251 e. The number of nitrogens with one attached hydrogen (secondary N) is 3. The molecule has 1 aromatic heterocycles. The number of rotatable bonds is 6. The molecule has 136 valence electrons. The molecule has 0 aliphatic carbocycles. The SMILES string of the molecule is CC(C)NS(=O)(=O)c1cccc(C(=O)NCc2nc3ccccc3[nH]2)c1. The number of amides is 1. The summed E-state index contributed by atoms with van der Waals surface area (Å²) in [5, 5.41) is 2.75. The average molecular weight is 372 g/mol.